The van der Waals surface area contributed by atoms with E-state index in [9.17, 15) is 4.79 Å². The van der Waals surface area contributed by atoms with E-state index in [4.69, 9.17) is 0 Å². The van der Waals surface area contributed by atoms with Gasteiger partial charge >= 0.3 is 0 Å². The molecule has 0 fully saturated rings. The Morgan fingerprint density at radius 2 is 1.21 bits per heavy atom. The molecule has 1 heterocycles. The van der Waals surface area contributed by atoms with Gasteiger partial charge in [0.05, 0.1) is 5.41 Å². The van der Waals surface area contributed by atoms with Crippen molar-refractivity contribution in [2.24, 2.45) is 0 Å². The van der Waals surface area contributed by atoms with Crippen molar-refractivity contribution in [1.82, 2.24) is 4.98 Å². The van der Waals surface area contributed by atoms with E-state index in [1.165, 1.54) is 22.3 Å². The van der Waals surface area contributed by atoms with Gasteiger partial charge in [0.2, 0.25) is 5.56 Å². The molecule has 0 spiro atoms. The van der Waals surface area contributed by atoms with Crippen molar-refractivity contribution in [3.8, 4) is 0 Å². The monoisotopic (exact) mass is 379 g/mol. The molecule has 0 amide bonds. The lowest BCUT2D eigenvalue weighted by Gasteiger charge is -2.38. The Hall–Kier alpha value is -3.39. The molecule has 29 heavy (non-hydrogen) atoms. The highest BCUT2D eigenvalue weighted by Crippen LogP contribution is 2.46. The van der Waals surface area contributed by atoms with Crippen LogP contribution in [0.3, 0.4) is 0 Å². The first-order valence-corrected chi connectivity index (χ1v) is 10.0. The zero-order chi connectivity index (χ0) is 20.3. The lowest BCUT2D eigenvalue weighted by atomic mass is 9.63. The molecule has 0 aliphatic rings. The van der Waals surface area contributed by atoms with Gasteiger partial charge < -0.3 is 4.98 Å². The van der Waals surface area contributed by atoms with Gasteiger partial charge in [0.15, 0.2) is 0 Å². The molecule has 3 aromatic carbocycles. The van der Waals surface area contributed by atoms with Crippen LogP contribution in [0, 0.1) is 0 Å². The van der Waals surface area contributed by atoms with E-state index < -0.39 is 5.41 Å². The van der Waals surface area contributed by atoms with Gasteiger partial charge in [-0.25, -0.2) is 0 Å². The summed E-state index contributed by atoms with van der Waals surface area (Å²) in [5, 5.41) is 0. The highest BCUT2D eigenvalue weighted by molar-refractivity contribution is 5.61. The Bertz CT molecular complexity index is 1080. The Morgan fingerprint density at radius 1 is 0.655 bits per heavy atom. The van der Waals surface area contributed by atoms with Gasteiger partial charge in [-0.2, -0.15) is 0 Å². The van der Waals surface area contributed by atoms with Crippen LogP contribution in [0.4, 0.5) is 0 Å². The number of pyridine rings is 1. The van der Waals surface area contributed by atoms with E-state index in [1.807, 2.05) is 24.4 Å². The average molecular weight is 380 g/mol. The van der Waals surface area contributed by atoms with E-state index >= 15 is 0 Å². The summed E-state index contributed by atoms with van der Waals surface area (Å²) in [5.74, 6) is 0.362. The second kappa shape index (κ2) is 7.92. The summed E-state index contributed by atoms with van der Waals surface area (Å²) < 4.78 is 0. The molecule has 0 aliphatic heterocycles. The highest BCUT2D eigenvalue weighted by atomic mass is 16.1. The van der Waals surface area contributed by atoms with E-state index in [0.29, 0.717) is 5.92 Å². The molecule has 0 saturated carbocycles. The molecule has 0 unspecified atom stereocenters. The van der Waals surface area contributed by atoms with E-state index in [1.54, 1.807) is 6.07 Å². The fourth-order valence-corrected chi connectivity index (χ4v) is 4.33. The first-order valence-electron chi connectivity index (χ1n) is 10.0. The largest absolute Gasteiger partial charge is 0.329 e. The van der Waals surface area contributed by atoms with Crippen LogP contribution in [0.15, 0.2) is 108 Å². The van der Waals surface area contributed by atoms with Gasteiger partial charge in [-0.15, -0.1) is 0 Å². The molecular weight excluding hydrogens is 354 g/mol. The molecule has 0 bridgehead atoms. The Morgan fingerprint density at radius 3 is 1.72 bits per heavy atom. The molecule has 144 valence electrons. The summed E-state index contributed by atoms with van der Waals surface area (Å²) >= 11 is 0. The van der Waals surface area contributed by atoms with Crippen LogP contribution in [0.1, 0.15) is 47.6 Å². The number of aromatic nitrogens is 1. The molecule has 2 heteroatoms. The van der Waals surface area contributed by atoms with Crippen LogP contribution in [0.25, 0.3) is 0 Å². The minimum absolute atomic E-state index is 0.0964. The second-order valence-electron chi connectivity index (χ2n) is 7.67. The molecule has 1 aromatic heterocycles. The van der Waals surface area contributed by atoms with Crippen LogP contribution >= 0.6 is 0 Å². The predicted molar refractivity (Wildman–Crippen MR) is 119 cm³/mol. The number of H-pyrrole nitrogens is 1. The summed E-state index contributed by atoms with van der Waals surface area (Å²) in [7, 11) is 0. The Balaban J connectivity index is 2.19. The van der Waals surface area contributed by atoms with Crippen LogP contribution in [-0.4, -0.2) is 4.98 Å². The maximum atomic E-state index is 11.9. The molecule has 4 aromatic rings. The lowest BCUT2D eigenvalue weighted by molar-refractivity contribution is 0.709. The zero-order valence-corrected chi connectivity index (χ0v) is 16.8. The number of hydrogen-bond acceptors (Lipinski definition) is 1. The molecule has 0 aliphatic carbocycles. The van der Waals surface area contributed by atoms with E-state index in [2.05, 4.69) is 91.6 Å². The van der Waals surface area contributed by atoms with Crippen LogP contribution < -0.4 is 5.56 Å². The summed E-state index contributed by atoms with van der Waals surface area (Å²) in [5.41, 5.74) is 5.29. The number of nitrogens with one attached hydrogen (secondary N) is 1. The number of hydrogen-bond donors (Lipinski definition) is 1. The highest BCUT2D eigenvalue weighted by Gasteiger charge is 2.40. The van der Waals surface area contributed by atoms with Crippen molar-refractivity contribution >= 4 is 0 Å². The maximum Gasteiger partial charge on any atom is 0.247 e. The fraction of sp³-hybridized carbons (Fsp3) is 0.148. The molecule has 0 atom stereocenters. The smallest absolute Gasteiger partial charge is 0.247 e. The maximum absolute atomic E-state index is 11.9. The first kappa shape index (κ1) is 18.9. The zero-order valence-electron chi connectivity index (χ0n) is 16.8. The van der Waals surface area contributed by atoms with Gasteiger partial charge in [0, 0.05) is 12.3 Å². The summed E-state index contributed by atoms with van der Waals surface area (Å²) in [6.45, 7) is 4.46. The third kappa shape index (κ3) is 3.31. The summed E-state index contributed by atoms with van der Waals surface area (Å²) in [6, 6.07) is 33.3. The van der Waals surface area contributed by atoms with Crippen LogP contribution in [0.2, 0.25) is 0 Å². The SMILES string of the molecule is CC(C)c1ccccc1C(c1ccccc1)(c1ccccc1)c1ccc(=O)[nH]c1. The second-order valence-corrected chi connectivity index (χ2v) is 7.67. The molecule has 2 nitrogen and oxygen atoms in total. The molecule has 0 radical (unpaired) electrons. The number of rotatable bonds is 5. The third-order valence-corrected chi connectivity index (χ3v) is 5.62. The molecule has 4 rings (SSSR count). The fourth-order valence-electron chi connectivity index (χ4n) is 4.33. The van der Waals surface area contributed by atoms with Crippen molar-refractivity contribution in [1.29, 1.82) is 0 Å². The van der Waals surface area contributed by atoms with Gasteiger partial charge in [0.1, 0.15) is 0 Å². The van der Waals surface area contributed by atoms with E-state index in [0.717, 1.165) is 5.56 Å². The van der Waals surface area contributed by atoms with Gasteiger partial charge in [0.25, 0.3) is 0 Å². The summed E-state index contributed by atoms with van der Waals surface area (Å²) in [4.78, 5) is 14.8. The van der Waals surface area contributed by atoms with Gasteiger partial charge in [-0.3, -0.25) is 4.79 Å². The Labute approximate surface area is 171 Å². The molecule has 0 saturated heterocycles. The van der Waals surface area contributed by atoms with Crippen molar-refractivity contribution in [3.63, 3.8) is 0 Å². The summed E-state index contributed by atoms with van der Waals surface area (Å²) in [6.07, 6.45) is 1.86. The normalized spacial score (nSPS) is 11.6. The third-order valence-electron chi connectivity index (χ3n) is 5.62. The van der Waals surface area contributed by atoms with Crippen molar-refractivity contribution in [2.75, 3.05) is 0 Å². The average Bonchev–Trinajstić information content (AvgIpc) is 2.77. The quantitative estimate of drug-likeness (QED) is 0.432. The predicted octanol–water partition coefficient (Wildman–Crippen LogP) is 5.88. The first-order chi connectivity index (χ1) is 14.1. The standard InChI is InChI=1S/C27H25NO/c1-20(2)24-15-9-10-16-25(24)27(21-11-5-3-6-12-21,22-13-7-4-8-14-22)23-17-18-26(29)28-19-23/h3-20H,1-2H3,(H,28,29). The minimum Gasteiger partial charge on any atom is -0.329 e. The van der Waals surface area contributed by atoms with Gasteiger partial charge in [-0.05, 0) is 33.7 Å². The lowest BCUT2D eigenvalue weighted by Crippen LogP contribution is -2.33. The molecular formula is C27H25NO. The minimum atomic E-state index is -0.534. The Kier molecular flexibility index (Phi) is 5.18. The van der Waals surface area contributed by atoms with Crippen molar-refractivity contribution in [3.05, 3.63) is 141 Å². The number of benzene rings is 3. The van der Waals surface area contributed by atoms with Crippen molar-refractivity contribution in [2.45, 2.75) is 25.2 Å². The van der Waals surface area contributed by atoms with Crippen LogP contribution in [0.5, 0.6) is 0 Å². The molecule has 1 N–H and O–H groups in total. The van der Waals surface area contributed by atoms with E-state index in [-0.39, 0.29) is 5.56 Å². The van der Waals surface area contributed by atoms with Crippen LogP contribution in [-0.2, 0) is 5.41 Å². The van der Waals surface area contributed by atoms with Gasteiger partial charge in [-0.1, -0.05) is 105 Å². The number of aromatic amines is 1. The topological polar surface area (TPSA) is 32.9 Å². The van der Waals surface area contributed by atoms with Crippen molar-refractivity contribution < 1.29 is 0 Å².